The van der Waals surface area contributed by atoms with E-state index in [4.69, 9.17) is 0 Å². The van der Waals surface area contributed by atoms with Gasteiger partial charge in [0.2, 0.25) is 0 Å². The average Bonchev–Trinajstić information content (AvgIpc) is 3.15. The summed E-state index contributed by atoms with van der Waals surface area (Å²) < 4.78 is 0. The highest BCUT2D eigenvalue weighted by atomic mass is 14.2. The van der Waals surface area contributed by atoms with Crippen LogP contribution in [0.15, 0.2) is 146 Å². The SMILES string of the molecule is CC(C)(C)c1cc2ccc3ccc(-c4ccc(-c5ccccc5)c(-c5ccc6ccc7cc(C(C)(C)C)cc8ccc5c6c78)c4)c4ccc(c1)c2c34. The minimum atomic E-state index is 0.0845. The maximum absolute atomic E-state index is 2.45. The van der Waals surface area contributed by atoms with Crippen LogP contribution in [0.4, 0.5) is 0 Å². The van der Waals surface area contributed by atoms with Crippen molar-refractivity contribution in [1.29, 1.82) is 0 Å². The van der Waals surface area contributed by atoms with Crippen molar-refractivity contribution in [3.8, 4) is 33.4 Å². The van der Waals surface area contributed by atoms with Gasteiger partial charge in [-0.15, -0.1) is 0 Å². The van der Waals surface area contributed by atoms with Gasteiger partial charge >= 0.3 is 0 Å². The molecular formula is C52H42. The summed E-state index contributed by atoms with van der Waals surface area (Å²) in [5, 5.41) is 15.9. The molecule has 0 saturated carbocycles. The first-order chi connectivity index (χ1) is 25.0. The van der Waals surface area contributed by atoms with Crippen molar-refractivity contribution in [2.24, 2.45) is 0 Å². The topological polar surface area (TPSA) is 0 Å². The summed E-state index contributed by atoms with van der Waals surface area (Å²) in [6.45, 7) is 13.8. The molecule has 10 aromatic carbocycles. The molecule has 0 aromatic heterocycles. The smallest absolute Gasteiger partial charge is 0.00206 e. The number of hydrogen-bond acceptors (Lipinski definition) is 0. The Morgan fingerprint density at radius 2 is 0.712 bits per heavy atom. The third-order valence-electron chi connectivity index (χ3n) is 11.6. The zero-order valence-corrected chi connectivity index (χ0v) is 30.9. The largest absolute Gasteiger partial charge is 0.0622 e. The lowest BCUT2D eigenvalue weighted by Gasteiger charge is -2.22. The quantitative estimate of drug-likeness (QED) is 0.165. The zero-order valence-electron chi connectivity index (χ0n) is 30.9. The first-order valence-electron chi connectivity index (χ1n) is 18.7. The maximum atomic E-state index is 2.45. The standard InChI is InChI=1S/C52H42/c1-51(2,3)39-26-35-14-12-32-16-21-42(44-24-19-37(28-39)47(35)49(32)44)34-18-22-41(31-10-8-7-9-11-31)46(30-34)43-23-17-33-13-15-36-27-40(52(4,5)6)29-38-20-25-45(43)50(33)48(36)38/h7-30H,1-6H3. The Labute approximate surface area is 306 Å². The molecule has 0 fully saturated rings. The third kappa shape index (κ3) is 4.67. The fourth-order valence-corrected chi connectivity index (χ4v) is 8.80. The fraction of sp³-hybridized carbons (Fsp3) is 0.154. The molecule has 0 unspecified atom stereocenters. The summed E-state index contributed by atoms with van der Waals surface area (Å²) in [6.07, 6.45) is 0. The van der Waals surface area contributed by atoms with Crippen LogP contribution in [0.1, 0.15) is 52.7 Å². The molecule has 0 spiro atoms. The van der Waals surface area contributed by atoms with Crippen LogP contribution < -0.4 is 0 Å². The third-order valence-corrected chi connectivity index (χ3v) is 11.6. The molecule has 0 nitrogen and oxygen atoms in total. The van der Waals surface area contributed by atoms with Crippen molar-refractivity contribution in [2.45, 2.75) is 52.4 Å². The van der Waals surface area contributed by atoms with E-state index in [0.717, 1.165) is 0 Å². The van der Waals surface area contributed by atoms with E-state index in [1.165, 1.54) is 109 Å². The molecule has 250 valence electrons. The van der Waals surface area contributed by atoms with E-state index in [-0.39, 0.29) is 10.8 Å². The molecule has 52 heavy (non-hydrogen) atoms. The first-order valence-corrected chi connectivity index (χ1v) is 18.7. The molecule has 0 aliphatic rings. The molecule has 0 aliphatic heterocycles. The minimum Gasteiger partial charge on any atom is -0.0622 e. The highest BCUT2D eigenvalue weighted by Crippen LogP contribution is 2.46. The number of hydrogen-bond donors (Lipinski definition) is 0. The summed E-state index contributed by atoms with van der Waals surface area (Å²) in [5.74, 6) is 0. The Balaban J connectivity index is 1.23. The normalized spacial score (nSPS) is 12.8. The van der Waals surface area contributed by atoms with E-state index in [1.54, 1.807) is 0 Å². The molecule has 0 heteroatoms. The van der Waals surface area contributed by atoms with Gasteiger partial charge in [0.1, 0.15) is 0 Å². The summed E-state index contributed by atoms with van der Waals surface area (Å²) in [6, 6.07) is 55.6. The van der Waals surface area contributed by atoms with Crippen LogP contribution in [-0.4, -0.2) is 0 Å². The fourth-order valence-electron chi connectivity index (χ4n) is 8.80. The molecule has 0 atom stereocenters. The van der Waals surface area contributed by atoms with Crippen molar-refractivity contribution < 1.29 is 0 Å². The summed E-state index contributed by atoms with van der Waals surface area (Å²) in [4.78, 5) is 0. The predicted octanol–water partition coefficient (Wildman–Crippen LogP) is 15.1. The number of benzene rings is 10. The van der Waals surface area contributed by atoms with Crippen LogP contribution in [0, 0.1) is 0 Å². The van der Waals surface area contributed by atoms with Crippen LogP contribution in [-0.2, 0) is 10.8 Å². The second kappa shape index (κ2) is 10.9. The molecule has 0 N–H and O–H groups in total. The summed E-state index contributed by atoms with van der Waals surface area (Å²) in [7, 11) is 0. The van der Waals surface area contributed by atoms with Crippen LogP contribution in [0.25, 0.3) is 98.0 Å². The maximum Gasteiger partial charge on any atom is -0.00206 e. The average molecular weight is 667 g/mol. The van der Waals surface area contributed by atoms with E-state index >= 15 is 0 Å². The van der Waals surface area contributed by atoms with Gasteiger partial charge in [0.15, 0.2) is 0 Å². The second-order valence-electron chi connectivity index (χ2n) is 17.0. The van der Waals surface area contributed by atoms with Gasteiger partial charge in [-0.2, -0.15) is 0 Å². The lowest BCUT2D eigenvalue weighted by atomic mass is 9.81. The Morgan fingerprint density at radius 3 is 1.23 bits per heavy atom. The Bertz CT molecular complexity index is 2960. The van der Waals surface area contributed by atoms with Gasteiger partial charge in [-0.3, -0.25) is 0 Å². The van der Waals surface area contributed by atoms with Crippen molar-refractivity contribution in [1.82, 2.24) is 0 Å². The molecule has 0 heterocycles. The van der Waals surface area contributed by atoms with Gasteiger partial charge in [0.25, 0.3) is 0 Å². The molecule has 0 amide bonds. The van der Waals surface area contributed by atoms with Crippen molar-refractivity contribution in [3.05, 3.63) is 157 Å². The van der Waals surface area contributed by atoms with Gasteiger partial charge in [0.05, 0.1) is 0 Å². The lowest BCUT2D eigenvalue weighted by molar-refractivity contribution is 0.591. The Kier molecular flexibility index (Phi) is 6.50. The van der Waals surface area contributed by atoms with Crippen LogP contribution in [0.3, 0.4) is 0 Å². The van der Waals surface area contributed by atoms with E-state index in [9.17, 15) is 0 Å². The Morgan fingerprint density at radius 1 is 0.288 bits per heavy atom. The van der Waals surface area contributed by atoms with Gasteiger partial charge in [-0.1, -0.05) is 181 Å². The van der Waals surface area contributed by atoms with E-state index < -0.39 is 0 Å². The molecule has 10 aromatic rings. The van der Waals surface area contributed by atoms with Crippen LogP contribution >= 0.6 is 0 Å². The highest BCUT2D eigenvalue weighted by Gasteiger charge is 2.21. The molecule has 0 radical (unpaired) electrons. The number of rotatable bonds is 3. The minimum absolute atomic E-state index is 0.0845. The highest BCUT2D eigenvalue weighted by molar-refractivity contribution is 6.27. The Hall–Kier alpha value is -5.72. The van der Waals surface area contributed by atoms with Gasteiger partial charge in [0, 0.05) is 0 Å². The van der Waals surface area contributed by atoms with Crippen LogP contribution in [0.5, 0.6) is 0 Å². The van der Waals surface area contributed by atoms with E-state index in [2.05, 4.69) is 187 Å². The van der Waals surface area contributed by atoms with Crippen molar-refractivity contribution in [2.75, 3.05) is 0 Å². The van der Waals surface area contributed by atoms with Gasteiger partial charge in [-0.25, -0.2) is 0 Å². The van der Waals surface area contributed by atoms with E-state index in [0.29, 0.717) is 0 Å². The zero-order chi connectivity index (χ0) is 35.5. The summed E-state index contributed by atoms with van der Waals surface area (Å²) >= 11 is 0. The van der Waals surface area contributed by atoms with Gasteiger partial charge < -0.3 is 0 Å². The molecule has 10 rings (SSSR count). The van der Waals surface area contributed by atoms with Crippen molar-refractivity contribution in [3.63, 3.8) is 0 Å². The molecule has 0 bridgehead atoms. The first kappa shape index (κ1) is 31.1. The van der Waals surface area contributed by atoms with Gasteiger partial charge in [-0.05, 0) is 126 Å². The second-order valence-corrected chi connectivity index (χ2v) is 17.0. The monoisotopic (exact) mass is 666 g/mol. The van der Waals surface area contributed by atoms with Crippen LogP contribution in [0.2, 0.25) is 0 Å². The summed E-state index contributed by atoms with van der Waals surface area (Å²) in [5.41, 5.74) is 10.5. The molecule has 0 saturated heterocycles. The molecule has 0 aliphatic carbocycles. The molecular weight excluding hydrogens is 625 g/mol. The van der Waals surface area contributed by atoms with Crippen molar-refractivity contribution >= 4 is 64.6 Å². The predicted molar refractivity (Wildman–Crippen MR) is 228 cm³/mol. The van der Waals surface area contributed by atoms with E-state index in [1.807, 2.05) is 0 Å². The lowest BCUT2D eigenvalue weighted by Crippen LogP contribution is -2.10.